The molecule has 0 spiro atoms. The summed E-state index contributed by atoms with van der Waals surface area (Å²) in [4.78, 5) is 12.0. The fourth-order valence-electron chi connectivity index (χ4n) is 2.20. The van der Waals surface area contributed by atoms with Gasteiger partial charge < -0.3 is 10.1 Å². The molecule has 1 atom stereocenters. The number of nitrogens with zero attached hydrogens (tertiary/aromatic N) is 1. The Morgan fingerprint density at radius 3 is 2.28 bits per heavy atom. The number of nitrogens with one attached hydrogen (secondary N) is 1. The Kier molecular flexibility index (Phi) is 6.03. The molecule has 0 aromatic heterocycles. The summed E-state index contributed by atoms with van der Waals surface area (Å²) in [5.74, 6) is 0.266. The zero-order valence-electron chi connectivity index (χ0n) is 14.5. The lowest BCUT2D eigenvalue weighted by atomic mass is 10.1. The molecule has 0 aliphatic carbocycles. The van der Waals surface area contributed by atoms with Crippen molar-refractivity contribution in [3.8, 4) is 5.75 Å². The number of ether oxygens (including phenoxy) is 1. The maximum absolute atomic E-state index is 12.0. The number of amides is 1. The second kappa shape index (κ2) is 8.02. The van der Waals surface area contributed by atoms with Crippen molar-refractivity contribution < 1.29 is 17.9 Å². The van der Waals surface area contributed by atoms with E-state index in [0.717, 1.165) is 11.8 Å². The van der Waals surface area contributed by atoms with E-state index >= 15 is 0 Å². The van der Waals surface area contributed by atoms with E-state index in [1.165, 1.54) is 11.4 Å². The van der Waals surface area contributed by atoms with Crippen LogP contribution >= 0.6 is 0 Å². The molecule has 2 aromatic carbocycles. The lowest BCUT2D eigenvalue weighted by Crippen LogP contribution is -2.31. The van der Waals surface area contributed by atoms with Crippen LogP contribution in [0.5, 0.6) is 5.75 Å². The average molecular weight is 362 g/mol. The van der Waals surface area contributed by atoms with Crippen LogP contribution in [0, 0.1) is 0 Å². The molecule has 0 saturated heterocycles. The van der Waals surface area contributed by atoms with E-state index in [2.05, 4.69) is 5.32 Å². The van der Waals surface area contributed by atoms with Crippen molar-refractivity contribution in [2.75, 3.05) is 24.2 Å². The van der Waals surface area contributed by atoms with Gasteiger partial charge in [0.25, 0.3) is 5.91 Å². The maximum atomic E-state index is 12.0. The van der Waals surface area contributed by atoms with Gasteiger partial charge in [-0.1, -0.05) is 30.3 Å². The zero-order valence-corrected chi connectivity index (χ0v) is 15.3. The van der Waals surface area contributed by atoms with Crippen molar-refractivity contribution in [2.24, 2.45) is 0 Å². The lowest BCUT2D eigenvalue weighted by Gasteiger charge is -2.17. The third-order valence-corrected chi connectivity index (χ3v) is 4.95. The van der Waals surface area contributed by atoms with Crippen LogP contribution in [0.1, 0.15) is 18.5 Å². The molecule has 0 saturated carbocycles. The van der Waals surface area contributed by atoms with Crippen LogP contribution in [0.2, 0.25) is 0 Å². The van der Waals surface area contributed by atoms with Crippen molar-refractivity contribution in [1.82, 2.24) is 5.32 Å². The highest BCUT2D eigenvalue weighted by Gasteiger charge is 2.12. The Balaban J connectivity index is 1.88. The third-order valence-electron chi connectivity index (χ3n) is 3.74. The Morgan fingerprint density at radius 2 is 1.72 bits per heavy atom. The van der Waals surface area contributed by atoms with Gasteiger partial charge in [-0.3, -0.25) is 9.10 Å². The monoisotopic (exact) mass is 362 g/mol. The van der Waals surface area contributed by atoms with E-state index in [-0.39, 0.29) is 18.6 Å². The van der Waals surface area contributed by atoms with Crippen LogP contribution in [0.25, 0.3) is 0 Å². The van der Waals surface area contributed by atoms with Crippen LogP contribution < -0.4 is 14.4 Å². The largest absolute Gasteiger partial charge is 0.484 e. The van der Waals surface area contributed by atoms with E-state index in [1.54, 1.807) is 24.3 Å². The van der Waals surface area contributed by atoms with Crippen LogP contribution in [0.3, 0.4) is 0 Å². The Bertz CT molecular complexity index is 805. The van der Waals surface area contributed by atoms with Crippen LogP contribution in [-0.4, -0.2) is 34.2 Å². The number of anilines is 1. The number of carbonyl (C=O) groups excluding carboxylic acids is 1. The highest BCUT2D eigenvalue weighted by atomic mass is 32.2. The Hall–Kier alpha value is -2.54. The number of hydrogen-bond acceptors (Lipinski definition) is 4. The Labute approximate surface area is 148 Å². The summed E-state index contributed by atoms with van der Waals surface area (Å²) in [6, 6.07) is 16.1. The SMILES string of the molecule is C[C@H](NC(=O)COc1ccc(N(C)S(C)(=O)=O)cc1)c1ccccc1. The summed E-state index contributed by atoms with van der Waals surface area (Å²) in [7, 11) is -1.83. The first-order chi connectivity index (χ1) is 11.8. The molecule has 2 rings (SSSR count). The van der Waals surface area contributed by atoms with E-state index < -0.39 is 10.0 Å². The van der Waals surface area contributed by atoms with E-state index in [1.807, 2.05) is 37.3 Å². The van der Waals surface area contributed by atoms with Crippen LogP contribution in [0.4, 0.5) is 5.69 Å². The molecule has 1 N–H and O–H groups in total. The van der Waals surface area contributed by atoms with Gasteiger partial charge in [0, 0.05) is 7.05 Å². The molecule has 0 aliphatic rings. The van der Waals surface area contributed by atoms with Gasteiger partial charge in [0.05, 0.1) is 18.0 Å². The topological polar surface area (TPSA) is 75.7 Å². The summed E-state index contributed by atoms with van der Waals surface area (Å²) in [6.07, 6.45) is 1.13. The predicted octanol–water partition coefficient (Wildman–Crippen LogP) is 2.34. The van der Waals surface area contributed by atoms with Crippen molar-refractivity contribution in [1.29, 1.82) is 0 Å². The summed E-state index contributed by atoms with van der Waals surface area (Å²) in [5, 5.41) is 2.86. The quantitative estimate of drug-likeness (QED) is 0.820. The van der Waals surface area contributed by atoms with Gasteiger partial charge >= 0.3 is 0 Å². The standard InChI is InChI=1S/C18H22N2O4S/c1-14(15-7-5-4-6-8-15)19-18(21)13-24-17-11-9-16(10-12-17)20(2)25(3,22)23/h4-12,14H,13H2,1-3H3,(H,19,21)/t14-/m0/s1. The first-order valence-corrected chi connectivity index (χ1v) is 9.63. The molecule has 0 aliphatic heterocycles. The summed E-state index contributed by atoms with van der Waals surface area (Å²) < 4.78 is 29.6. The van der Waals surface area contributed by atoms with Gasteiger partial charge in [0.2, 0.25) is 10.0 Å². The molecule has 0 bridgehead atoms. The highest BCUT2D eigenvalue weighted by molar-refractivity contribution is 7.92. The number of rotatable bonds is 7. The van der Waals surface area contributed by atoms with Crippen LogP contribution in [-0.2, 0) is 14.8 Å². The minimum absolute atomic E-state index is 0.108. The number of benzene rings is 2. The summed E-state index contributed by atoms with van der Waals surface area (Å²) >= 11 is 0. The maximum Gasteiger partial charge on any atom is 0.258 e. The molecular formula is C18H22N2O4S. The highest BCUT2D eigenvalue weighted by Crippen LogP contribution is 2.20. The van der Waals surface area contributed by atoms with Gasteiger partial charge in [-0.05, 0) is 36.8 Å². The number of carbonyl (C=O) groups is 1. The van der Waals surface area contributed by atoms with Gasteiger partial charge in [-0.2, -0.15) is 0 Å². The molecule has 0 radical (unpaired) electrons. The van der Waals surface area contributed by atoms with E-state index in [4.69, 9.17) is 4.74 Å². The lowest BCUT2D eigenvalue weighted by molar-refractivity contribution is -0.123. The van der Waals surface area contributed by atoms with E-state index in [0.29, 0.717) is 11.4 Å². The minimum Gasteiger partial charge on any atom is -0.484 e. The summed E-state index contributed by atoms with van der Waals surface area (Å²) in [5.41, 5.74) is 1.54. The molecule has 6 nitrogen and oxygen atoms in total. The molecule has 7 heteroatoms. The molecule has 0 unspecified atom stereocenters. The normalized spacial score (nSPS) is 12.3. The molecule has 1 amide bonds. The van der Waals surface area contributed by atoms with Gasteiger partial charge in [0.15, 0.2) is 6.61 Å². The molecule has 2 aromatic rings. The smallest absolute Gasteiger partial charge is 0.258 e. The van der Waals surface area contributed by atoms with Crippen molar-refractivity contribution in [3.05, 3.63) is 60.2 Å². The second-order valence-corrected chi connectivity index (χ2v) is 7.73. The fourth-order valence-corrected chi connectivity index (χ4v) is 2.71. The molecule has 134 valence electrons. The van der Waals surface area contributed by atoms with Crippen molar-refractivity contribution in [2.45, 2.75) is 13.0 Å². The average Bonchev–Trinajstić information content (AvgIpc) is 2.59. The zero-order chi connectivity index (χ0) is 18.4. The van der Waals surface area contributed by atoms with Gasteiger partial charge in [-0.25, -0.2) is 8.42 Å². The molecule has 25 heavy (non-hydrogen) atoms. The molecule has 0 fully saturated rings. The van der Waals surface area contributed by atoms with E-state index in [9.17, 15) is 13.2 Å². The third kappa shape index (κ3) is 5.49. The fraction of sp³-hybridized carbons (Fsp3) is 0.278. The first-order valence-electron chi connectivity index (χ1n) is 7.78. The molecular weight excluding hydrogens is 340 g/mol. The number of hydrogen-bond donors (Lipinski definition) is 1. The second-order valence-electron chi connectivity index (χ2n) is 5.71. The van der Waals surface area contributed by atoms with Gasteiger partial charge in [-0.15, -0.1) is 0 Å². The molecule has 0 heterocycles. The predicted molar refractivity (Wildman–Crippen MR) is 98.2 cm³/mol. The Morgan fingerprint density at radius 1 is 1.12 bits per heavy atom. The van der Waals surface area contributed by atoms with Crippen molar-refractivity contribution >= 4 is 21.6 Å². The number of sulfonamides is 1. The van der Waals surface area contributed by atoms with Gasteiger partial charge in [0.1, 0.15) is 5.75 Å². The van der Waals surface area contributed by atoms with Crippen molar-refractivity contribution in [3.63, 3.8) is 0 Å². The summed E-state index contributed by atoms with van der Waals surface area (Å²) in [6.45, 7) is 1.79. The first kappa shape index (κ1) is 18.8. The minimum atomic E-state index is -3.31. The van der Waals surface area contributed by atoms with Crippen LogP contribution in [0.15, 0.2) is 54.6 Å².